The van der Waals surface area contributed by atoms with Gasteiger partial charge in [0.1, 0.15) is 0 Å². The highest BCUT2D eigenvalue weighted by Crippen LogP contribution is 2.28. The van der Waals surface area contributed by atoms with E-state index >= 15 is 0 Å². The zero-order valence-electron chi connectivity index (χ0n) is 11.0. The molecule has 1 aliphatic carbocycles. The first-order valence-electron chi connectivity index (χ1n) is 6.37. The minimum Gasteiger partial charge on any atom is -0.349 e. The first-order valence-corrected chi connectivity index (χ1v) is 6.37. The Balaban J connectivity index is 1.95. The third kappa shape index (κ3) is 2.97. The van der Waals surface area contributed by atoms with E-state index < -0.39 is 6.29 Å². The van der Waals surface area contributed by atoms with Crippen LogP contribution in [0.2, 0.25) is 0 Å². The first-order chi connectivity index (χ1) is 8.74. The molecule has 0 saturated heterocycles. The van der Waals surface area contributed by atoms with Gasteiger partial charge in [0.2, 0.25) is 6.29 Å². The molecule has 2 rings (SSSR count). The van der Waals surface area contributed by atoms with E-state index in [1.54, 1.807) is 0 Å². The molecule has 0 N–H and O–H groups in total. The Kier molecular flexibility index (Phi) is 4.49. The average Bonchev–Trinajstić information content (AvgIpc) is 3.00. The molecule has 1 aromatic rings. The third-order valence-corrected chi connectivity index (χ3v) is 3.41. The normalized spacial score (nSPS) is 16.6. The average molecular weight is 252 g/mol. The lowest BCUT2D eigenvalue weighted by atomic mass is 10.2. The smallest absolute Gasteiger partial charge is 0.217 e. The summed E-state index contributed by atoms with van der Waals surface area (Å²) >= 11 is 0. The topological polar surface area (TPSA) is 53.4 Å². The Labute approximate surface area is 107 Å². The summed E-state index contributed by atoms with van der Waals surface area (Å²) in [6.07, 6.45) is 6.35. The quantitative estimate of drug-likeness (QED) is 0.723. The predicted molar refractivity (Wildman–Crippen MR) is 66.2 cm³/mol. The van der Waals surface area contributed by atoms with Gasteiger partial charge in [-0.2, -0.15) is 5.10 Å². The van der Waals surface area contributed by atoms with Crippen LogP contribution >= 0.6 is 0 Å². The lowest BCUT2D eigenvalue weighted by Gasteiger charge is -2.11. The molecule has 1 fully saturated rings. The number of ketones is 1. The van der Waals surface area contributed by atoms with Gasteiger partial charge >= 0.3 is 0 Å². The van der Waals surface area contributed by atoms with Gasteiger partial charge < -0.3 is 9.47 Å². The van der Waals surface area contributed by atoms with Crippen molar-refractivity contribution >= 4 is 5.78 Å². The van der Waals surface area contributed by atoms with Crippen LogP contribution in [0.25, 0.3) is 0 Å². The zero-order chi connectivity index (χ0) is 13.0. The Bertz CT molecular complexity index is 393. The van der Waals surface area contributed by atoms with Crippen molar-refractivity contribution < 1.29 is 14.3 Å². The Morgan fingerprint density at radius 3 is 2.72 bits per heavy atom. The van der Waals surface area contributed by atoms with Gasteiger partial charge in [-0.25, -0.2) is 0 Å². The number of carbonyl (C=O) groups excluding carboxylic acids is 1. The minimum atomic E-state index is -0.790. The van der Waals surface area contributed by atoms with Crippen LogP contribution in [0, 0.1) is 0 Å². The van der Waals surface area contributed by atoms with Gasteiger partial charge in [0, 0.05) is 20.4 Å². The van der Waals surface area contributed by atoms with E-state index in [1.807, 2.05) is 16.9 Å². The molecule has 0 atom stereocenters. The fourth-order valence-electron chi connectivity index (χ4n) is 2.46. The molecule has 5 nitrogen and oxygen atoms in total. The highest BCUT2D eigenvalue weighted by atomic mass is 16.7. The maximum atomic E-state index is 11.8. The van der Waals surface area contributed by atoms with E-state index in [9.17, 15) is 4.79 Å². The van der Waals surface area contributed by atoms with E-state index in [0.717, 1.165) is 5.69 Å². The van der Waals surface area contributed by atoms with Gasteiger partial charge in [-0.05, 0) is 18.9 Å². The molecule has 1 aliphatic rings. The maximum Gasteiger partial charge on any atom is 0.217 e. The summed E-state index contributed by atoms with van der Waals surface area (Å²) in [6, 6.07) is 2.41. The SMILES string of the molecule is COC(OC)C(=O)Cc1ccn(C2CCCC2)n1. The van der Waals surface area contributed by atoms with Crippen molar-refractivity contribution in [3.63, 3.8) is 0 Å². The lowest BCUT2D eigenvalue weighted by molar-refractivity contribution is -0.156. The van der Waals surface area contributed by atoms with Gasteiger partial charge in [0.15, 0.2) is 5.78 Å². The van der Waals surface area contributed by atoms with Crippen molar-refractivity contribution in [2.24, 2.45) is 0 Å². The minimum absolute atomic E-state index is 0.100. The molecular weight excluding hydrogens is 232 g/mol. The van der Waals surface area contributed by atoms with Gasteiger partial charge in [-0.1, -0.05) is 12.8 Å². The van der Waals surface area contributed by atoms with Crippen LogP contribution in [0.4, 0.5) is 0 Å². The number of hydrogen-bond acceptors (Lipinski definition) is 4. The van der Waals surface area contributed by atoms with Crippen molar-refractivity contribution in [1.29, 1.82) is 0 Å². The zero-order valence-corrected chi connectivity index (χ0v) is 11.0. The number of hydrogen-bond donors (Lipinski definition) is 0. The number of methoxy groups -OCH3 is 2. The molecule has 1 aromatic heterocycles. The summed E-state index contributed by atoms with van der Waals surface area (Å²) in [4.78, 5) is 11.8. The van der Waals surface area contributed by atoms with Crippen LogP contribution < -0.4 is 0 Å². The van der Waals surface area contributed by atoms with Crippen molar-refractivity contribution in [2.75, 3.05) is 14.2 Å². The van der Waals surface area contributed by atoms with Crippen molar-refractivity contribution in [2.45, 2.75) is 44.4 Å². The number of rotatable bonds is 6. The number of nitrogens with zero attached hydrogens (tertiary/aromatic N) is 2. The van der Waals surface area contributed by atoms with E-state index in [2.05, 4.69) is 5.10 Å². The lowest BCUT2D eigenvalue weighted by Crippen LogP contribution is -2.26. The van der Waals surface area contributed by atoms with Gasteiger partial charge in [-0.3, -0.25) is 9.48 Å². The van der Waals surface area contributed by atoms with Crippen LogP contribution in [0.5, 0.6) is 0 Å². The molecular formula is C13H20N2O3. The molecule has 100 valence electrons. The summed E-state index contributed by atoms with van der Waals surface area (Å²) in [5.41, 5.74) is 0.783. The van der Waals surface area contributed by atoms with Gasteiger partial charge in [-0.15, -0.1) is 0 Å². The third-order valence-electron chi connectivity index (χ3n) is 3.41. The van der Waals surface area contributed by atoms with Crippen molar-refractivity contribution in [3.8, 4) is 0 Å². The molecule has 0 bridgehead atoms. The van der Waals surface area contributed by atoms with E-state index in [4.69, 9.17) is 9.47 Å². The largest absolute Gasteiger partial charge is 0.349 e. The Morgan fingerprint density at radius 1 is 1.44 bits per heavy atom. The fraction of sp³-hybridized carbons (Fsp3) is 0.692. The maximum absolute atomic E-state index is 11.8. The van der Waals surface area contributed by atoms with E-state index in [-0.39, 0.29) is 12.2 Å². The van der Waals surface area contributed by atoms with Crippen LogP contribution in [0.15, 0.2) is 12.3 Å². The molecule has 0 unspecified atom stereocenters. The summed E-state index contributed by atoms with van der Waals surface area (Å²) in [5.74, 6) is -0.100. The molecule has 5 heteroatoms. The van der Waals surface area contributed by atoms with Gasteiger partial charge in [0.05, 0.1) is 18.2 Å². The monoisotopic (exact) mass is 252 g/mol. The van der Waals surface area contributed by atoms with Crippen molar-refractivity contribution in [3.05, 3.63) is 18.0 Å². The standard InChI is InChI=1S/C13H20N2O3/c1-17-13(18-2)12(16)9-10-7-8-15(14-10)11-5-3-4-6-11/h7-8,11,13H,3-6,9H2,1-2H3. The molecule has 0 radical (unpaired) electrons. The summed E-state index contributed by atoms with van der Waals surface area (Å²) < 4.78 is 11.9. The van der Waals surface area contributed by atoms with E-state index in [0.29, 0.717) is 6.04 Å². The second kappa shape index (κ2) is 6.11. The summed E-state index contributed by atoms with van der Waals surface area (Å²) in [5, 5.41) is 4.47. The molecule has 0 aliphatic heterocycles. The highest BCUT2D eigenvalue weighted by molar-refractivity contribution is 5.83. The molecule has 1 heterocycles. The number of carbonyl (C=O) groups is 1. The Morgan fingerprint density at radius 2 is 2.11 bits per heavy atom. The molecule has 18 heavy (non-hydrogen) atoms. The molecule has 0 spiro atoms. The molecule has 1 saturated carbocycles. The fourth-order valence-corrected chi connectivity index (χ4v) is 2.46. The first kappa shape index (κ1) is 13.2. The van der Waals surface area contributed by atoms with Crippen molar-refractivity contribution in [1.82, 2.24) is 9.78 Å². The number of Topliss-reactive ketones (excluding diaryl/α,β-unsaturated/α-hetero) is 1. The van der Waals surface area contributed by atoms with Crippen LogP contribution in [0.3, 0.4) is 0 Å². The van der Waals surface area contributed by atoms with Crippen LogP contribution in [-0.4, -0.2) is 36.1 Å². The van der Waals surface area contributed by atoms with Gasteiger partial charge in [0.25, 0.3) is 0 Å². The van der Waals surface area contributed by atoms with Crippen LogP contribution in [0.1, 0.15) is 37.4 Å². The molecule has 0 aromatic carbocycles. The number of ether oxygens (including phenoxy) is 2. The Hall–Kier alpha value is -1.20. The second-order valence-electron chi connectivity index (χ2n) is 4.67. The summed E-state index contributed by atoms with van der Waals surface area (Å²) in [6.45, 7) is 0. The predicted octanol–water partition coefficient (Wildman–Crippen LogP) is 1.73. The molecule has 0 amide bonds. The summed E-state index contributed by atoms with van der Waals surface area (Å²) in [7, 11) is 2.92. The highest BCUT2D eigenvalue weighted by Gasteiger charge is 2.20. The number of aromatic nitrogens is 2. The van der Waals surface area contributed by atoms with Crippen LogP contribution in [-0.2, 0) is 20.7 Å². The second-order valence-corrected chi connectivity index (χ2v) is 4.67. The van der Waals surface area contributed by atoms with E-state index in [1.165, 1.54) is 39.9 Å².